The number of carbonyl (C=O) groups excluding carboxylic acids is 2. The van der Waals surface area contributed by atoms with E-state index < -0.39 is 42.0 Å². The van der Waals surface area contributed by atoms with Crippen LogP contribution in [0.2, 0.25) is 10.0 Å². The molecule has 4 heterocycles. The molecule has 3 aromatic carbocycles. The number of ether oxygens (including phenoxy) is 4. The van der Waals surface area contributed by atoms with Crippen molar-refractivity contribution in [1.29, 1.82) is 0 Å². The van der Waals surface area contributed by atoms with Gasteiger partial charge in [-0.2, -0.15) is 5.10 Å². The van der Waals surface area contributed by atoms with E-state index in [-0.39, 0.29) is 24.8 Å². The molecule has 6 N–H and O–H groups in total. The number of methoxy groups -OCH3 is 1. The van der Waals surface area contributed by atoms with Gasteiger partial charge >= 0.3 is 0 Å². The number of halogens is 2. The Kier molecular flexibility index (Phi) is 10.2. The molecule has 0 radical (unpaired) electrons. The number of aliphatic hydroxyl groups is 3. The second-order valence-corrected chi connectivity index (χ2v) is 14.6. The van der Waals surface area contributed by atoms with Crippen LogP contribution in [0.25, 0.3) is 28.1 Å². The van der Waals surface area contributed by atoms with E-state index in [1.165, 1.54) is 7.11 Å². The molecule has 0 unspecified atom stereocenters. The monoisotopic (exact) mass is 767 g/mol. The summed E-state index contributed by atoms with van der Waals surface area (Å²) < 4.78 is 25.0. The highest BCUT2D eigenvalue weighted by Crippen LogP contribution is 2.47. The summed E-state index contributed by atoms with van der Waals surface area (Å²) in [5, 5.41) is 39.4. The van der Waals surface area contributed by atoms with Crippen molar-refractivity contribution in [3.05, 3.63) is 75.9 Å². The predicted octanol–water partition coefficient (Wildman–Crippen LogP) is 3.41. The minimum absolute atomic E-state index is 0.0539. The van der Waals surface area contributed by atoms with Gasteiger partial charge in [0.15, 0.2) is 11.8 Å². The molecule has 16 heteroatoms. The summed E-state index contributed by atoms with van der Waals surface area (Å²) in [6, 6.07) is 15.5. The SMILES string of the molecule is COc1cc2c(cc1-c1cccc(NC(=O)[C@H]3O[C@@H](CN)[C@H](O)[C@@H](O)[C@H]3O)c1)-c1c(c(C(=O)N3CCOCC3(C)C)nn1-c1cc(Cl)cc(Cl)c1)CO2. The van der Waals surface area contributed by atoms with E-state index in [0.717, 1.165) is 0 Å². The molecule has 4 aromatic rings. The fraction of sp³-hybridized carbons (Fsp3) is 0.378. The average molecular weight is 769 g/mol. The summed E-state index contributed by atoms with van der Waals surface area (Å²) in [5.74, 6) is -0.0502. The molecule has 5 atom stereocenters. The van der Waals surface area contributed by atoms with Crippen LogP contribution in [0.1, 0.15) is 29.9 Å². The Balaban J connectivity index is 1.30. The van der Waals surface area contributed by atoms with Crippen LogP contribution in [-0.2, 0) is 20.9 Å². The van der Waals surface area contributed by atoms with E-state index in [1.807, 2.05) is 26.0 Å². The van der Waals surface area contributed by atoms with E-state index in [1.54, 1.807) is 52.0 Å². The third-order valence-corrected chi connectivity index (χ3v) is 10.2. The molecule has 0 bridgehead atoms. The maximum absolute atomic E-state index is 14.3. The molecule has 2 fully saturated rings. The van der Waals surface area contributed by atoms with Crippen molar-refractivity contribution in [3.63, 3.8) is 0 Å². The molecular weight excluding hydrogens is 729 g/mol. The van der Waals surface area contributed by atoms with Crippen LogP contribution in [0.4, 0.5) is 5.69 Å². The fourth-order valence-corrected chi connectivity index (χ4v) is 7.51. The second-order valence-electron chi connectivity index (χ2n) is 13.7. The Morgan fingerprint density at radius 1 is 1.04 bits per heavy atom. The first kappa shape index (κ1) is 37.1. The summed E-state index contributed by atoms with van der Waals surface area (Å²) in [6.45, 7) is 4.94. The Labute approximate surface area is 314 Å². The number of rotatable bonds is 7. The van der Waals surface area contributed by atoms with Gasteiger partial charge in [-0.05, 0) is 55.8 Å². The molecule has 14 nitrogen and oxygen atoms in total. The number of amides is 2. The molecular formula is C37H39Cl2N5O9. The van der Waals surface area contributed by atoms with Crippen molar-refractivity contribution in [2.45, 2.75) is 56.5 Å². The normalized spacial score (nSPS) is 23.4. The maximum Gasteiger partial charge on any atom is 0.275 e. The minimum atomic E-state index is -1.68. The number of fused-ring (bicyclic) bond motifs is 3. The van der Waals surface area contributed by atoms with Gasteiger partial charge in [-0.1, -0.05) is 35.3 Å². The van der Waals surface area contributed by atoms with Gasteiger partial charge in [0, 0.05) is 51.6 Å². The lowest BCUT2D eigenvalue weighted by molar-refractivity contribution is -0.215. The summed E-state index contributed by atoms with van der Waals surface area (Å²) in [5.41, 5.74) is 9.23. The van der Waals surface area contributed by atoms with E-state index in [0.29, 0.717) is 80.6 Å². The Morgan fingerprint density at radius 2 is 1.79 bits per heavy atom. The smallest absolute Gasteiger partial charge is 0.275 e. The van der Waals surface area contributed by atoms with Crippen LogP contribution >= 0.6 is 23.2 Å². The molecule has 53 heavy (non-hydrogen) atoms. The number of aromatic nitrogens is 2. The highest BCUT2D eigenvalue weighted by molar-refractivity contribution is 6.34. The zero-order valence-corrected chi connectivity index (χ0v) is 30.6. The van der Waals surface area contributed by atoms with Crippen LogP contribution in [-0.4, -0.2) is 111 Å². The number of morpholine rings is 1. The van der Waals surface area contributed by atoms with Crippen LogP contribution in [0.3, 0.4) is 0 Å². The molecule has 3 aliphatic heterocycles. The summed E-state index contributed by atoms with van der Waals surface area (Å²) >= 11 is 12.9. The number of anilines is 1. The van der Waals surface area contributed by atoms with Gasteiger partial charge in [0.1, 0.15) is 36.4 Å². The predicted molar refractivity (Wildman–Crippen MR) is 196 cm³/mol. The van der Waals surface area contributed by atoms with Crippen LogP contribution in [0.15, 0.2) is 54.6 Å². The lowest BCUT2D eigenvalue weighted by atomic mass is 9.94. The van der Waals surface area contributed by atoms with Crippen molar-refractivity contribution in [1.82, 2.24) is 14.7 Å². The number of hydrogen-bond acceptors (Lipinski definition) is 11. The molecule has 2 saturated heterocycles. The lowest BCUT2D eigenvalue weighted by Crippen LogP contribution is -2.62. The molecule has 280 valence electrons. The number of nitrogens with one attached hydrogen (secondary N) is 1. The second kappa shape index (κ2) is 14.5. The van der Waals surface area contributed by atoms with Crippen LogP contribution in [0, 0.1) is 0 Å². The highest BCUT2D eigenvalue weighted by Gasteiger charge is 2.46. The number of hydrogen-bond donors (Lipinski definition) is 5. The summed E-state index contributed by atoms with van der Waals surface area (Å²) in [6.07, 6.45) is -7.29. The Bertz CT molecular complexity index is 2050. The van der Waals surface area contributed by atoms with Crippen molar-refractivity contribution in [2.24, 2.45) is 5.73 Å². The third-order valence-electron chi connectivity index (χ3n) is 9.74. The number of aliphatic hydroxyl groups excluding tert-OH is 3. The molecule has 0 saturated carbocycles. The first-order valence-corrected chi connectivity index (χ1v) is 17.7. The van der Waals surface area contributed by atoms with Crippen LogP contribution < -0.4 is 20.5 Å². The molecule has 2 amide bonds. The first-order chi connectivity index (χ1) is 25.3. The van der Waals surface area contributed by atoms with Crippen LogP contribution in [0.5, 0.6) is 11.5 Å². The molecule has 0 aliphatic carbocycles. The lowest BCUT2D eigenvalue weighted by Gasteiger charge is -2.41. The van der Waals surface area contributed by atoms with Gasteiger partial charge in [-0.15, -0.1) is 0 Å². The largest absolute Gasteiger partial charge is 0.496 e. The van der Waals surface area contributed by atoms with Gasteiger partial charge in [0.2, 0.25) is 0 Å². The number of nitrogens with two attached hydrogens (primary N) is 1. The summed E-state index contributed by atoms with van der Waals surface area (Å²) in [7, 11) is 1.53. The van der Waals surface area contributed by atoms with E-state index >= 15 is 0 Å². The Morgan fingerprint density at radius 3 is 2.49 bits per heavy atom. The zero-order valence-electron chi connectivity index (χ0n) is 29.1. The van der Waals surface area contributed by atoms with Gasteiger partial charge in [0.25, 0.3) is 11.8 Å². The molecule has 7 rings (SSSR count). The zero-order chi connectivity index (χ0) is 37.8. The van der Waals surface area contributed by atoms with E-state index in [2.05, 4.69) is 5.32 Å². The van der Waals surface area contributed by atoms with Gasteiger partial charge in [-0.25, -0.2) is 4.68 Å². The third kappa shape index (κ3) is 6.85. The maximum atomic E-state index is 14.3. The van der Waals surface area contributed by atoms with Crippen molar-refractivity contribution >= 4 is 40.7 Å². The van der Waals surface area contributed by atoms with Gasteiger partial charge < -0.3 is 50.2 Å². The molecule has 0 spiro atoms. The van der Waals surface area contributed by atoms with Crippen molar-refractivity contribution in [3.8, 4) is 39.6 Å². The topological polar surface area (TPSA) is 191 Å². The van der Waals surface area contributed by atoms with Crippen molar-refractivity contribution < 1.29 is 43.9 Å². The van der Waals surface area contributed by atoms with E-state index in [4.69, 9.17) is 53.0 Å². The fourth-order valence-electron chi connectivity index (χ4n) is 7.00. The number of benzene rings is 3. The molecule has 1 aromatic heterocycles. The minimum Gasteiger partial charge on any atom is -0.496 e. The standard InChI is InChI=1S/C37H39Cl2N5O9/c1-37(2)17-51-8-7-43(37)36(49)29-25-16-52-27-14-26(50-3)23(13-24(27)30(25)44(42-29)22-11-19(38)10-20(39)12-22)18-5-4-6-21(9-18)41-35(48)34-33(47)32(46)31(45)28(15-40)53-34/h4-6,9-14,28,31-34,45-47H,7-8,15-17,40H2,1-3H3,(H,41,48)/t28-,31-,32+,33+,34-/m0/s1. The van der Waals surface area contributed by atoms with Gasteiger partial charge in [-0.3, -0.25) is 9.59 Å². The molecule has 3 aliphatic rings. The average Bonchev–Trinajstić information content (AvgIpc) is 3.53. The van der Waals surface area contributed by atoms with E-state index in [9.17, 15) is 24.9 Å². The quantitative estimate of drug-likeness (QED) is 0.185. The number of carbonyl (C=O) groups is 2. The first-order valence-electron chi connectivity index (χ1n) is 17.0. The number of nitrogens with zero attached hydrogens (tertiary/aromatic N) is 3. The summed E-state index contributed by atoms with van der Waals surface area (Å²) in [4.78, 5) is 29.3. The van der Waals surface area contributed by atoms with Gasteiger partial charge in [0.05, 0.1) is 43.3 Å². The van der Waals surface area contributed by atoms with Crippen molar-refractivity contribution in [2.75, 3.05) is 38.7 Å². The highest BCUT2D eigenvalue weighted by atomic mass is 35.5. The Hall–Kier alpha value is -4.25.